The normalized spacial score (nSPS) is 29.8. The molecule has 0 aromatic carbocycles. The maximum Gasteiger partial charge on any atom is 0.298 e. The largest absolute Gasteiger partial charge is 0.397 e. The number of hydrogen-bond donors (Lipinski definition) is 1. The van der Waals surface area contributed by atoms with Crippen LogP contribution < -0.4 is 5.01 Å². The zero-order valence-corrected chi connectivity index (χ0v) is 3.56. The van der Waals surface area contributed by atoms with E-state index in [1.165, 1.54) is 6.92 Å². The Balaban J connectivity index is 2.31. The van der Waals surface area contributed by atoms with Gasteiger partial charge in [-0.2, -0.15) is 0 Å². The second-order valence-electron chi connectivity index (χ2n) is 1.32. The lowest BCUT2D eigenvalue weighted by molar-refractivity contribution is -0.647. The van der Waals surface area contributed by atoms with Gasteiger partial charge < -0.3 is 10.4 Å². The number of hydrogen-bond acceptors (Lipinski definition) is 1. The van der Waals surface area contributed by atoms with Gasteiger partial charge in [-0.15, -0.1) is 0 Å². The molecule has 1 N–H and O–H groups in total. The predicted molar refractivity (Wildman–Crippen MR) is 19.9 cm³/mol. The Morgan fingerprint density at radius 2 is 2.50 bits per heavy atom. The zero-order valence-electron chi connectivity index (χ0n) is 3.56. The highest BCUT2D eigenvalue weighted by atomic mass is 16.2. The second-order valence-corrected chi connectivity index (χ2v) is 1.32. The Labute approximate surface area is 35.9 Å². The molecule has 1 unspecified atom stereocenters. The molecular weight excluding hydrogens is 80.0 g/mol. The molecule has 1 atom stereocenters. The van der Waals surface area contributed by atoms with Gasteiger partial charge in [-0.3, -0.25) is 0 Å². The smallest absolute Gasteiger partial charge is 0.298 e. The van der Waals surface area contributed by atoms with Crippen molar-refractivity contribution in [3.8, 4) is 0 Å². The van der Waals surface area contributed by atoms with Crippen LogP contribution in [0.4, 0.5) is 0 Å². The number of amides is 1. The summed E-state index contributed by atoms with van der Waals surface area (Å²) >= 11 is 0. The quantitative estimate of drug-likeness (QED) is 0.364. The van der Waals surface area contributed by atoms with Gasteiger partial charge >= 0.3 is 0 Å². The first-order chi connectivity index (χ1) is 2.80. The van der Waals surface area contributed by atoms with Crippen molar-refractivity contribution in [1.82, 2.24) is 0 Å². The number of carbonyl (C=O) groups is 1. The minimum absolute atomic E-state index is 0.120. The van der Waals surface area contributed by atoms with E-state index in [1.807, 2.05) is 0 Å². The second kappa shape index (κ2) is 1.03. The predicted octanol–water partition coefficient (Wildman–Crippen LogP) is -1.32. The van der Waals surface area contributed by atoms with Crippen LogP contribution in [0.3, 0.4) is 0 Å². The molecule has 0 saturated carbocycles. The number of carbonyl (C=O) groups excluding carboxylic acids is 1. The molecule has 1 aliphatic rings. The lowest BCUT2D eigenvalue weighted by Crippen LogP contribution is -2.92. The van der Waals surface area contributed by atoms with Crippen LogP contribution in [0.1, 0.15) is 6.92 Å². The third-order valence-corrected chi connectivity index (χ3v) is 0.723. The van der Waals surface area contributed by atoms with Gasteiger partial charge in [0.05, 0.1) is 6.92 Å². The van der Waals surface area contributed by atoms with E-state index in [4.69, 9.17) is 0 Å². The number of rotatable bonds is 0. The van der Waals surface area contributed by atoms with Gasteiger partial charge in [-0.25, -0.2) is 4.79 Å². The van der Waals surface area contributed by atoms with Crippen molar-refractivity contribution in [2.24, 2.45) is 0 Å². The fourth-order valence-corrected chi connectivity index (χ4v) is 0.262. The van der Waals surface area contributed by atoms with Crippen LogP contribution >= 0.6 is 0 Å². The molecule has 0 radical (unpaired) electrons. The van der Waals surface area contributed by atoms with Crippen LogP contribution in [-0.2, 0) is 4.79 Å². The first-order valence-electron chi connectivity index (χ1n) is 1.85. The van der Waals surface area contributed by atoms with Gasteiger partial charge in [0.25, 0.3) is 5.91 Å². The van der Waals surface area contributed by atoms with Crippen LogP contribution in [0.5, 0.6) is 0 Å². The highest BCUT2D eigenvalue weighted by molar-refractivity contribution is 5.64. The van der Waals surface area contributed by atoms with Crippen LogP contribution in [-0.4, -0.2) is 12.6 Å². The van der Waals surface area contributed by atoms with Crippen molar-refractivity contribution in [2.45, 2.75) is 6.92 Å². The van der Waals surface area contributed by atoms with Gasteiger partial charge in [-0.1, -0.05) is 0 Å². The fraction of sp³-hybridized carbons (Fsp3) is 0.667. The Morgan fingerprint density at radius 1 is 2.00 bits per heavy atom. The van der Waals surface area contributed by atoms with Crippen molar-refractivity contribution in [1.29, 1.82) is 0 Å². The molecule has 1 saturated heterocycles. The first kappa shape index (κ1) is 3.77. The standard InChI is InChI=1S/C3H6N2O/c1-3(6)5-2-4-5/h5H,2H2,1H3. The van der Waals surface area contributed by atoms with Crippen LogP contribution in [0.15, 0.2) is 0 Å². The molecule has 1 aliphatic heterocycles. The van der Waals surface area contributed by atoms with Gasteiger partial charge in [0, 0.05) is 6.67 Å². The average Bonchev–Trinajstić information content (AvgIpc) is 2.06. The van der Waals surface area contributed by atoms with Crippen molar-refractivity contribution >= 4 is 5.91 Å². The Hall–Kier alpha value is -0.410. The first-order valence-corrected chi connectivity index (χ1v) is 1.85. The molecule has 6 heavy (non-hydrogen) atoms. The summed E-state index contributed by atoms with van der Waals surface area (Å²) in [6, 6.07) is 0. The van der Waals surface area contributed by atoms with Gasteiger partial charge in [0.1, 0.15) is 0 Å². The molecule has 0 bridgehead atoms. The molecular formula is C3H6N2O. The lowest BCUT2D eigenvalue weighted by Gasteiger charge is -1.86. The lowest BCUT2D eigenvalue weighted by atomic mass is 10.7. The Morgan fingerprint density at radius 3 is 2.50 bits per heavy atom. The fourth-order valence-electron chi connectivity index (χ4n) is 0.262. The molecule has 1 rings (SSSR count). The molecule has 0 aliphatic carbocycles. The molecule has 1 heterocycles. The van der Waals surface area contributed by atoms with E-state index >= 15 is 0 Å². The van der Waals surface area contributed by atoms with E-state index in [1.54, 1.807) is 0 Å². The highest BCUT2D eigenvalue weighted by Crippen LogP contribution is 1.77. The molecule has 3 nitrogen and oxygen atoms in total. The summed E-state index contributed by atoms with van der Waals surface area (Å²) in [5.41, 5.74) is 3.67. The van der Waals surface area contributed by atoms with Gasteiger partial charge in [0.15, 0.2) is 0 Å². The SMILES string of the molecule is CC(=O)[NH+]1C[N-]1. The number of quaternary nitrogens is 1. The summed E-state index contributed by atoms with van der Waals surface area (Å²) < 4.78 is 0. The summed E-state index contributed by atoms with van der Waals surface area (Å²) in [7, 11) is 0. The van der Waals surface area contributed by atoms with Crippen molar-refractivity contribution in [3.63, 3.8) is 0 Å². The van der Waals surface area contributed by atoms with E-state index in [0.717, 1.165) is 5.01 Å². The van der Waals surface area contributed by atoms with E-state index in [0.29, 0.717) is 6.67 Å². The Bertz CT molecular complexity index is 76.9. The molecule has 3 heteroatoms. The molecule has 1 fully saturated rings. The summed E-state index contributed by atoms with van der Waals surface area (Å²) in [5, 5.41) is 0.745. The summed E-state index contributed by atoms with van der Waals surface area (Å²) in [5.74, 6) is 0.120. The minimum Gasteiger partial charge on any atom is -0.397 e. The maximum absolute atomic E-state index is 10.1. The van der Waals surface area contributed by atoms with E-state index in [2.05, 4.69) is 5.43 Å². The number of nitrogens with one attached hydrogen (secondary N) is 1. The minimum atomic E-state index is 0.120. The molecule has 0 aromatic rings. The molecule has 34 valence electrons. The van der Waals surface area contributed by atoms with Crippen molar-refractivity contribution in [3.05, 3.63) is 5.43 Å². The summed E-state index contributed by atoms with van der Waals surface area (Å²) in [6.07, 6.45) is 0. The van der Waals surface area contributed by atoms with E-state index in [9.17, 15) is 4.79 Å². The van der Waals surface area contributed by atoms with Gasteiger partial charge in [-0.05, 0) is 0 Å². The third kappa shape index (κ3) is 0.555. The molecule has 1 amide bonds. The third-order valence-electron chi connectivity index (χ3n) is 0.723. The van der Waals surface area contributed by atoms with E-state index < -0.39 is 0 Å². The number of nitrogens with zero attached hydrogens (tertiary/aromatic N) is 1. The highest BCUT2D eigenvalue weighted by Gasteiger charge is 2.11. The van der Waals surface area contributed by atoms with Gasteiger partial charge in [0.2, 0.25) is 0 Å². The van der Waals surface area contributed by atoms with Crippen LogP contribution in [0.25, 0.3) is 5.43 Å². The monoisotopic (exact) mass is 86.0 g/mol. The van der Waals surface area contributed by atoms with Crippen molar-refractivity contribution in [2.75, 3.05) is 6.67 Å². The maximum atomic E-state index is 10.1. The summed E-state index contributed by atoms with van der Waals surface area (Å²) in [4.78, 5) is 10.1. The Kier molecular flexibility index (Phi) is 0.645. The zero-order chi connectivity index (χ0) is 4.57. The van der Waals surface area contributed by atoms with Crippen molar-refractivity contribution < 1.29 is 9.80 Å². The molecule has 0 spiro atoms. The topological polar surface area (TPSA) is 35.6 Å². The summed E-state index contributed by atoms with van der Waals surface area (Å²) in [6.45, 7) is 2.22. The van der Waals surface area contributed by atoms with Crippen LogP contribution in [0.2, 0.25) is 0 Å². The average molecular weight is 86.1 g/mol. The van der Waals surface area contributed by atoms with E-state index in [-0.39, 0.29) is 5.91 Å². The molecule has 0 aromatic heterocycles. The van der Waals surface area contributed by atoms with Crippen LogP contribution in [0, 0.1) is 0 Å².